The largest absolute Gasteiger partial charge is 0.453 e. The maximum atomic E-state index is 12.3. The van der Waals surface area contributed by atoms with Crippen LogP contribution in [0.15, 0.2) is 24.1 Å². The van der Waals surface area contributed by atoms with E-state index in [4.69, 9.17) is 4.74 Å². The van der Waals surface area contributed by atoms with Gasteiger partial charge >= 0.3 is 5.97 Å². The number of hydrogen-bond acceptors (Lipinski definition) is 6. The van der Waals surface area contributed by atoms with Gasteiger partial charge < -0.3 is 14.6 Å². The van der Waals surface area contributed by atoms with Gasteiger partial charge in [0, 0.05) is 35.8 Å². The number of ether oxygens (including phenoxy) is 1. The summed E-state index contributed by atoms with van der Waals surface area (Å²) >= 11 is 1.11. The van der Waals surface area contributed by atoms with Crippen molar-refractivity contribution in [2.45, 2.75) is 27.3 Å². The van der Waals surface area contributed by atoms with Crippen molar-refractivity contribution in [3.63, 3.8) is 0 Å². The average Bonchev–Trinajstić information content (AvgIpc) is 3.11. The van der Waals surface area contributed by atoms with E-state index in [0.29, 0.717) is 17.2 Å². The molecule has 0 aromatic carbocycles. The van der Waals surface area contributed by atoms with Gasteiger partial charge in [0.05, 0.1) is 0 Å². The van der Waals surface area contributed by atoms with Gasteiger partial charge in [0.25, 0.3) is 0 Å². The van der Waals surface area contributed by atoms with E-state index in [1.165, 1.54) is 12.3 Å². The highest BCUT2D eigenvalue weighted by Crippen LogP contribution is 2.18. The first-order chi connectivity index (χ1) is 11.8. The first kappa shape index (κ1) is 18.6. The lowest BCUT2D eigenvalue weighted by atomic mass is 10.1. The molecule has 2 aromatic heterocycles. The number of amides is 1. The Kier molecular flexibility index (Phi) is 5.87. The predicted molar refractivity (Wildman–Crippen MR) is 95.1 cm³/mol. The quantitative estimate of drug-likeness (QED) is 0.465. The summed E-state index contributed by atoms with van der Waals surface area (Å²) < 4.78 is 7.00. The van der Waals surface area contributed by atoms with Crippen molar-refractivity contribution in [2.24, 2.45) is 0 Å². The van der Waals surface area contributed by atoms with Crippen LogP contribution in [-0.2, 0) is 16.1 Å². The molecular formula is C17H19N3O4S. The third-order valence-corrected chi connectivity index (χ3v) is 4.27. The molecule has 2 heterocycles. The van der Waals surface area contributed by atoms with E-state index in [1.54, 1.807) is 12.1 Å². The Morgan fingerprint density at radius 1 is 1.40 bits per heavy atom. The van der Waals surface area contributed by atoms with Crippen LogP contribution < -0.4 is 5.32 Å². The second-order valence-corrected chi connectivity index (χ2v) is 6.26. The Balaban J connectivity index is 2.01. The van der Waals surface area contributed by atoms with Crippen LogP contribution in [0.25, 0.3) is 0 Å². The standard InChI is InChI=1S/C17H19N3O4S/c1-5-6-20-10(2)7-13(11(20)3)15(22)8-24-16(23)14-9-25-17(19-14)18-12(4)21/h5,7,9H,1,6,8H2,2-4H3,(H,18,19,21). The van der Waals surface area contributed by atoms with Gasteiger partial charge in [-0.1, -0.05) is 6.08 Å². The molecule has 8 heteroatoms. The number of carbonyl (C=O) groups is 3. The summed E-state index contributed by atoms with van der Waals surface area (Å²) in [6.07, 6.45) is 1.75. The van der Waals surface area contributed by atoms with Crippen molar-refractivity contribution >= 4 is 34.1 Å². The van der Waals surface area contributed by atoms with E-state index >= 15 is 0 Å². The number of nitrogens with zero attached hydrogens (tertiary/aromatic N) is 2. The monoisotopic (exact) mass is 361 g/mol. The lowest BCUT2D eigenvalue weighted by molar-refractivity contribution is -0.114. The fourth-order valence-corrected chi connectivity index (χ4v) is 3.08. The second kappa shape index (κ2) is 7.89. The van der Waals surface area contributed by atoms with Crippen LogP contribution in [0, 0.1) is 13.8 Å². The van der Waals surface area contributed by atoms with Crippen molar-refractivity contribution in [1.29, 1.82) is 0 Å². The minimum atomic E-state index is -0.707. The second-order valence-electron chi connectivity index (χ2n) is 5.40. The van der Waals surface area contributed by atoms with Crippen molar-refractivity contribution in [3.05, 3.63) is 46.7 Å². The molecule has 0 radical (unpaired) electrons. The van der Waals surface area contributed by atoms with Crippen molar-refractivity contribution in [1.82, 2.24) is 9.55 Å². The van der Waals surface area contributed by atoms with Crippen LogP contribution in [0.4, 0.5) is 5.13 Å². The third-order valence-electron chi connectivity index (χ3n) is 3.52. The van der Waals surface area contributed by atoms with Crippen LogP contribution in [0.2, 0.25) is 0 Å². The number of nitrogens with one attached hydrogen (secondary N) is 1. The average molecular weight is 361 g/mol. The number of esters is 1. The molecule has 2 aromatic rings. The summed E-state index contributed by atoms with van der Waals surface area (Å²) in [7, 11) is 0. The van der Waals surface area contributed by atoms with Crippen molar-refractivity contribution in [3.8, 4) is 0 Å². The molecule has 0 aliphatic rings. The topological polar surface area (TPSA) is 90.3 Å². The molecule has 0 aliphatic heterocycles. The van der Waals surface area contributed by atoms with Gasteiger partial charge in [0.1, 0.15) is 0 Å². The zero-order chi connectivity index (χ0) is 18.6. The molecule has 0 saturated heterocycles. The van der Waals surface area contributed by atoms with Gasteiger partial charge in [-0.2, -0.15) is 0 Å². The minimum absolute atomic E-state index is 0.0543. The van der Waals surface area contributed by atoms with Crippen LogP contribution in [0.1, 0.15) is 39.2 Å². The highest BCUT2D eigenvalue weighted by molar-refractivity contribution is 7.14. The Hall–Kier alpha value is -2.74. The molecular weight excluding hydrogens is 342 g/mol. The number of allylic oxidation sites excluding steroid dienone is 1. The highest BCUT2D eigenvalue weighted by Gasteiger charge is 2.19. The van der Waals surface area contributed by atoms with Crippen LogP contribution in [0.5, 0.6) is 0 Å². The van der Waals surface area contributed by atoms with Gasteiger partial charge in [-0.15, -0.1) is 17.9 Å². The Morgan fingerprint density at radius 3 is 2.76 bits per heavy atom. The SMILES string of the molecule is C=CCn1c(C)cc(C(=O)COC(=O)c2csc(NC(C)=O)n2)c1C. The number of ketones is 1. The lowest BCUT2D eigenvalue weighted by Crippen LogP contribution is -2.15. The van der Waals surface area contributed by atoms with E-state index in [9.17, 15) is 14.4 Å². The summed E-state index contributed by atoms with van der Waals surface area (Å²) in [5, 5.41) is 4.25. The molecule has 132 valence electrons. The van der Waals surface area contributed by atoms with Crippen molar-refractivity contribution < 1.29 is 19.1 Å². The molecule has 0 aliphatic carbocycles. The van der Waals surface area contributed by atoms with Crippen LogP contribution in [0.3, 0.4) is 0 Å². The maximum absolute atomic E-state index is 12.3. The predicted octanol–water partition coefficient (Wildman–Crippen LogP) is 2.75. The van der Waals surface area contributed by atoms with Gasteiger partial charge in [-0.25, -0.2) is 9.78 Å². The van der Waals surface area contributed by atoms with E-state index in [-0.39, 0.29) is 24.0 Å². The molecule has 25 heavy (non-hydrogen) atoms. The summed E-state index contributed by atoms with van der Waals surface area (Å²) in [5.74, 6) is -1.27. The van der Waals surface area contributed by atoms with Crippen LogP contribution in [-0.4, -0.2) is 33.8 Å². The van der Waals surface area contributed by atoms with Gasteiger partial charge in [0.15, 0.2) is 17.4 Å². The third kappa shape index (κ3) is 4.42. The van der Waals surface area contributed by atoms with E-state index < -0.39 is 5.97 Å². The van der Waals surface area contributed by atoms with Gasteiger partial charge in [-0.05, 0) is 19.9 Å². The molecule has 1 amide bonds. The normalized spacial score (nSPS) is 10.4. The first-order valence-electron chi connectivity index (χ1n) is 7.54. The molecule has 7 nitrogen and oxygen atoms in total. The highest BCUT2D eigenvalue weighted by atomic mass is 32.1. The number of Topliss-reactive ketones (excluding diaryl/α,β-unsaturated/α-hetero) is 1. The summed E-state index contributed by atoms with van der Waals surface area (Å²) in [6, 6.07) is 1.77. The fraction of sp³-hybridized carbons (Fsp3) is 0.294. The molecule has 0 atom stereocenters. The smallest absolute Gasteiger partial charge is 0.358 e. The number of carbonyl (C=O) groups excluding carboxylic acids is 3. The number of anilines is 1. The Morgan fingerprint density at radius 2 is 2.12 bits per heavy atom. The zero-order valence-corrected chi connectivity index (χ0v) is 15.1. The number of thiazole rings is 1. The summed E-state index contributed by atoms with van der Waals surface area (Å²) in [5.41, 5.74) is 2.31. The van der Waals surface area contributed by atoms with E-state index in [1.807, 2.05) is 18.4 Å². The molecule has 2 rings (SSSR count). The molecule has 0 fully saturated rings. The molecule has 0 bridgehead atoms. The van der Waals surface area contributed by atoms with Gasteiger partial charge in [-0.3, -0.25) is 9.59 Å². The number of aryl methyl sites for hydroxylation is 1. The first-order valence-corrected chi connectivity index (χ1v) is 8.42. The number of rotatable bonds is 7. The van der Waals surface area contributed by atoms with E-state index in [0.717, 1.165) is 22.7 Å². The zero-order valence-electron chi connectivity index (χ0n) is 14.3. The molecule has 0 saturated carbocycles. The van der Waals surface area contributed by atoms with Gasteiger partial charge in [0.2, 0.25) is 11.7 Å². The van der Waals surface area contributed by atoms with E-state index in [2.05, 4.69) is 16.9 Å². The molecule has 1 N–H and O–H groups in total. The maximum Gasteiger partial charge on any atom is 0.358 e. The van der Waals surface area contributed by atoms with Crippen molar-refractivity contribution in [2.75, 3.05) is 11.9 Å². The summed E-state index contributed by atoms with van der Waals surface area (Å²) in [4.78, 5) is 39.2. The number of aromatic nitrogens is 2. The fourth-order valence-electron chi connectivity index (χ4n) is 2.35. The minimum Gasteiger partial charge on any atom is -0.453 e. The molecule has 0 unspecified atom stereocenters. The Bertz CT molecular complexity index is 835. The Labute approximate surface area is 149 Å². The van der Waals surface area contributed by atoms with Crippen LogP contribution >= 0.6 is 11.3 Å². The summed E-state index contributed by atoms with van der Waals surface area (Å²) in [6.45, 7) is 9.02. The molecule has 0 spiro atoms. The lowest BCUT2D eigenvalue weighted by Gasteiger charge is -2.06. The number of hydrogen-bond donors (Lipinski definition) is 1.